The Morgan fingerprint density at radius 2 is 1.63 bits per heavy atom. The molecule has 0 bridgehead atoms. The molecule has 0 aliphatic carbocycles. The molecule has 0 aliphatic rings. The quantitative estimate of drug-likeness (QED) is 0.502. The first-order valence-corrected chi connectivity index (χ1v) is 8.72. The fraction of sp³-hybridized carbons (Fsp3) is 0.0476. The molecule has 5 nitrogen and oxygen atoms in total. The second-order valence-corrected chi connectivity index (χ2v) is 6.39. The molecule has 1 heterocycles. The molecule has 3 aromatic carbocycles. The van der Waals surface area contributed by atoms with E-state index in [0.29, 0.717) is 5.69 Å². The summed E-state index contributed by atoms with van der Waals surface area (Å²) in [5, 5.41) is 5.71. The molecule has 0 saturated heterocycles. The van der Waals surface area contributed by atoms with Gasteiger partial charge in [-0.15, -0.1) is 0 Å². The van der Waals surface area contributed by atoms with Gasteiger partial charge in [0.15, 0.2) is 6.61 Å². The molecule has 27 heavy (non-hydrogen) atoms. The summed E-state index contributed by atoms with van der Waals surface area (Å²) in [4.78, 5) is 27.4. The Morgan fingerprint density at radius 3 is 2.44 bits per heavy atom. The number of nitrogens with one attached hydrogen (secondary N) is 2. The van der Waals surface area contributed by atoms with E-state index in [4.69, 9.17) is 16.3 Å². The summed E-state index contributed by atoms with van der Waals surface area (Å²) < 4.78 is 5.12. The van der Waals surface area contributed by atoms with Gasteiger partial charge >= 0.3 is 5.97 Å². The van der Waals surface area contributed by atoms with Crippen molar-refractivity contribution in [1.82, 2.24) is 4.98 Å². The Labute approximate surface area is 159 Å². The van der Waals surface area contributed by atoms with Crippen LogP contribution in [-0.2, 0) is 9.53 Å². The molecular weight excluding hydrogens is 364 g/mol. The highest BCUT2D eigenvalue weighted by molar-refractivity contribution is 6.38. The monoisotopic (exact) mass is 378 g/mol. The molecule has 0 unspecified atom stereocenters. The number of carbonyl (C=O) groups excluding carboxylic acids is 2. The molecular formula is C21H15ClN2O3. The SMILES string of the molecule is O=C(COC(=O)c1[nH]c2ccccc2c1Cl)Nc1cccc2ccccc12. The minimum atomic E-state index is -0.677. The van der Waals surface area contributed by atoms with Gasteiger partial charge in [-0.25, -0.2) is 4.79 Å². The van der Waals surface area contributed by atoms with Crippen LogP contribution in [0.3, 0.4) is 0 Å². The summed E-state index contributed by atoms with van der Waals surface area (Å²) in [6.45, 7) is -0.409. The first-order valence-electron chi connectivity index (χ1n) is 8.34. The lowest BCUT2D eigenvalue weighted by Gasteiger charge is -2.09. The topological polar surface area (TPSA) is 71.2 Å². The smallest absolute Gasteiger partial charge is 0.356 e. The van der Waals surface area contributed by atoms with E-state index in [1.54, 1.807) is 12.1 Å². The number of halogens is 1. The second kappa shape index (κ2) is 7.13. The van der Waals surface area contributed by atoms with Crippen molar-refractivity contribution < 1.29 is 14.3 Å². The molecule has 4 aromatic rings. The third-order valence-electron chi connectivity index (χ3n) is 4.24. The Hall–Kier alpha value is -3.31. The molecule has 0 aliphatic heterocycles. The van der Waals surface area contributed by atoms with E-state index >= 15 is 0 Å². The Bertz CT molecular complexity index is 1160. The van der Waals surface area contributed by atoms with Gasteiger partial charge in [0.2, 0.25) is 0 Å². The minimum absolute atomic E-state index is 0.135. The van der Waals surface area contributed by atoms with Crippen LogP contribution in [0.5, 0.6) is 0 Å². The average molecular weight is 379 g/mol. The normalized spacial score (nSPS) is 10.9. The van der Waals surface area contributed by atoms with Gasteiger partial charge in [0.25, 0.3) is 5.91 Å². The Kier molecular flexibility index (Phi) is 4.52. The molecule has 0 fully saturated rings. The van der Waals surface area contributed by atoms with Crippen molar-refractivity contribution in [3.8, 4) is 0 Å². The molecule has 6 heteroatoms. The molecule has 2 N–H and O–H groups in total. The summed E-state index contributed by atoms with van der Waals surface area (Å²) in [7, 11) is 0. The van der Waals surface area contributed by atoms with Crippen molar-refractivity contribution >= 4 is 50.8 Å². The number of esters is 1. The summed E-state index contributed by atoms with van der Waals surface area (Å²) in [5.74, 6) is -1.10. The maximum atomic E-state index is 12.3. The van der Waals surface area contributed by atoms with Crippen molar-refractivity contribution in [3.63, 3.8) is 0 Å². The van der Waals surface area contributed by atoms with Gasteiger partial charge in [-0.1, -0.05) is 66.2 Å². The van der Waals surface area contributed by atoms with Gasteiger partial charge in [-0.05, 0) is 17.5 Å². The zero-order chi connectivity index (χ0) is 18.8. The van der Waals surface area contributed by atoms with Crippen molar-refractivity contribution in [1.29, 1.82) is 0 Å². The van der Waals surface area contributed by atoms with E-state index in [0.717, 1.165) is 21.7 Å². The third-order valence-corrected chi connectivity index (χ3v) is 4.64. The van der Waals surface area contributed by atoms with E-state index in [1.165, 1.54) is 0 Å². The highest BCUT2D eigenvalue weighted by atomic mass is 35.5. The average Bonchev–Trinajstić information content (AvgIpc) is 3.03. The largest absolute Gasteiger partial charge is 0.451 e. The minimum Gasteiger partial charge on any atom is -0.451 e. The number of anilines is 1. The zero-order valence-electron chi connectivity index (χ0n) is 14.2. The van der Waals surface area contributed by atoms with Crippen molar-refractivity contribution in [2.45, 2.75) is 0 Å². The molecule has 0 saturated carbocycles. The van der Waals surface area contributed by atoms with Crippen LogP contribution in [0.25, 0.3) is 21.7 Å². The standard InChI is InChI=1S/C21H15ClN2O3/c22-19-15-9-3-4-10-17(15)24-20(19)21(26)27-12-18(25)23-16-11-5-7-13-6-1-2-8-14(13)16/h1-11,24H,12H2,(H,23,25). The number of hydrogen-bond acceptors (Lipinski definition) is 3. The summed E-state index contributed by atoms with van der Waals surface area (Å²) in [6.07, 6.45) is 0. The predicted molar refractivity (Wildman–Crippen MR) is 106 cm³/mol. The fourth-order valence-electron chi connectivity index (χ4n) is 2.97. The van der Waals surface area contributed by atoms with E-state index in [2.05, 4.69) is 10.3 Å². The van der Waals surface area contributed by atoms with Gasteiger partial charge in [-0.3, -0.25) is 4.79 Å². The van der Waals surface area contributed by atoms with Crippen molar-refractivity contribution in [2.24, 2.45) is 0 Å². The molecule has 0 spiro atoms. The second-order valence-electron chi connectivity index (χ2n) is 6.01. The van der Waals surface area contributed by atoms with Crippen LogP contribution in [0, 0.1) is 0 Å². The maximum absolute atomic E-state index is 12.3. The molecule has 134 valence electrons. The number of amides is 1. The number of benzene rings is 3. The third kappa shape index (κ3) is 3.37. The lowest BCUT2D eigenvalue weighted by atomic mass is 10.1. The van der Waals surface area contributed by atoms with Crippen LogP contribution in [0.2, 0.25) is 5.02 Å². The number of para-hydroxylation sites is 1. The summed E-state index contributed by atoms with van der Waals surface area (Å²) in [6, 6.07) is 20.6. The molecule has 0 atom stereocenters. The highest BCUT2D eigenvalue weighted by Gasteiger charge is 2.18. The number of rotatable bonds is 4. The Morgan fingerprint density at radius 1 is 0.926 bits per heavy atom. The molecule has 4 rings (SSSR count). The lowest BCUT2D eigenvalue weighted by Crippen LogP contribution is -2.21. The summed E-state index contributed by atoms with van der Waals surface area (Å²) in [5.41, 5.74) is 1.53. The van der Waals surface area contributed by atoms with Crippen molar-refractivity contribution in [2.75, 3.05) is 11.9 Å². The number of aromatic amines is 1. The number of aromatic nitrogens is 1. The van der Waals surface area contributed by atoms with Crippen molar-refractivity contribution in [3.05, 3.63) is 77.4 Å². The number of fused-ring (bicyclic) bond motifs is 2. The number of carbonyl (C=O) groups is 2. The predicted octanol–water partition coefficient (Wildman–Crippen LogP) is 4.77. The van der Waals surface area contributed by atoms with E-state index < -0.39 is 18.5 Å². The van der Waals surface area contributed by atoms with Crippen LogP contribution in [-0.4, -0.2) is 23.5 Å². The van der Waals surface area contributed by atoms with Crippen LogP contribution in [0.15, 0.2) is 66.7 Å². The van der Waals surface area contributed by atoms with Crippen LogP contribution in [0.1, 0.15) is 10.5 Å². The first kappa shape index (κ1) is 17.1. The molecule has 1 amide bonds. The number of hydrogen-bond donors (Lipinski definition) is 2. The van der Waals surface area contributed by atoms with Crippen LogP contribution in [0.4, 0.5) is 5.69 Å². The van der Waals surface area contributed by atoms with Gasteiger partial charge in [-0.2, -0.15) is 0 Å². The van der Waals surface area contributed by atoms with E-state index in [-0.39, 0.29) is 10.7 Å². The van der Waals surface area contributed by atoms with Crippen LogP contribution < -0.4 is 5.32 Å². The number of ether oxygens (including phenoxy) is 1. The first-order chi connectivity index (χ1) is 13.1. The van der Waals surface area contributed by atoms with Gasteiger partial charge in [0, 0.05) is 22.0 Å². The summed E-state index contributed by atoms with van der Waals surface area (Å²) >= 11 is 6.23. The maximum Gasteiger partial charge on any atom is 0.356 e. The van der Waals surface area contributed by atoms with Gasteiger partial charge in [0.1, 0.15) is 5.69 Å². The van der Waals surface area contributed by atoms with Gasteiger partial charge < -0.3 is 15.0 Å². The zero-order valence-corrected chi connectivity index (χ0v) is 14.9. The van der Waals surface area contributed by atoms with E-state index in [1.807, 2.05) is 54.6 Å². The van der Waals surface area contributed by atoms with Gasteiger partial charge in [0.05, 0.1) is 5.02 Å². The number of H-pyrrole nitrogens is 1. The lowest BCUT2D eigenvalue weighted by molar-refractivity contribution is -0.119. The highest BCUT2D eigenvalue weighted by Crippen LogP contribution is 2.27. The Balaban J connectivity index is 1.45. The fourth-order valence-corrected chi connectivity index (χ4v) is 3.26. The molecule has 1 aromatic heterocycles. The molecule has 0 radical (unpaired) electrons. The van der Waals surface area contributed by atoms with E-state index in [9.17, 15) is 9.59 Å². The van der Waals surface area contributed by atoms with Crippen LogP contribution >= 0.6 is 11.6 Å².